The number of piperazine rings is 1. The number of ether oxygens (including phenoxy) is 2. The van der Waals surface area contributed by atoms with Crippen molar-refractivity contribution < 1.29 is 47.8 Å². The van der Waals surface area contributed by atoms with Crippen LogP contribution in [0.4, 0.5) is 9.59 Å². The number of amides is 8. The van der Waals surface area contributed by atoms with Crippen LogP contribution in [0.25, 0.3) is 0 Å². The number of hydrogen-bond acceptors (Lipinski definition) is 10. The lowest BCUT2D eigenvalue weighted by Crippen LogP contribution is -2.61. The summed E-state index contributed by atoms with van der Waals surface area (Å²) < 4.78 is 10.8. The summed E-state index contributed by atoms with van der Waals surface area (Å²) in [5, 5.41) is 22.5. The highest BCUT2D eigenvalue weighted by Crippen LogP contribution is 2.15. The first kappa shape index (κ1) is 58.1. The molecule has 18 heteroatoms. The Morgan fingerprint density at radius 3 is 1.53 bits per heavy atom. The van der Waals surface area contributed by atoms with Crippen LogP contribution in [0.5, 0.6) is 0 Å². The van der Waals surface area contributed by atoms with Crippen LogP contribution in [0.2, 0.25) is 0 Å². The van der Waals surface area contributed by atoms with E-state index in [0.717, 1.165) is 11.1 Å². The molecule has 2 aromatic rings. The summed E-state index contributed by atoms with van der Waals surface area (Å²) in [5.74, 6) is -2.67. The number of carbonyl (C=O) groups is 8. The summed E-state index contributed by atoms with van der Waals surface area (Å²) in [4.78, 5) is 107. The molecule has 1 fully saturated rings. The number of rotatable bonds is 26. The van der Waals surface area contributed by atoms with Gasteiger partial charge in [0.1, 0.15) is 47.5 Å². The summed E-state index contributed by atoms with van der Waals surface area (Å²) in [5.41, 5.74) is -0.0312. The van der Waals surface area contributed by atoms with Gasteiger partial charge in [-0.3, -0.25) is 28.8 Å². The van der Waals surface area contributed by atoms with Crippen LogP contribution in [0.15, 0.2) is 60.7 Å². The molecule has 18 nitrogen and oxygen atoms in total. The van der Waals surface area contributed by atoms with Gasteiger partial charge in [-0.05, 0) is 116 Å². The van der Waals surface area contributed by atoms with E-state index in [2.05, 4.69) is 42.5 Å². The second-order valence-corrected chi connectivity index (χ2v) is 20.9. The van der Waals surface area contributed by atoms with E-state index in [0.29, 0.717) is 38.5 Å². The van der Waals surface area contributed by atoms with Crippen molar-refractivity contribution in [1.82, 2.24) is 42.5 Å². The Hall–Kier alpha value is -6.20. The Morgan fingerprint density at radius 1 is 0.529 bits per heavy atom. The molecule has 1 unspecified atom stereocenters. The maximum absolute atomic E-state index is 14.4. The third-order valence-electron chi connectivity index (χ3n) is 11.0. The second-order valence-electron chi connectivity index (χ2n) is 20.9. The zero-order valence-electron chi connectivity index (χ0n) is 43.0. The average molecular weight is 977 g/mol. The molecule has 1 aliphatic rings. The van der Waals surface area contributed by atoms with E-state index < -0.39 is 83.3 Å². The van der Waals surface area contributed by atoms with Crippen molar-refractivity contribution in [2.24, 2.45) is 11.8 Å². The third kappa shape index (κ3) is 22.9. The standard InChI is InChI=1S/C52H80N8O10/c1-33(2)29-39-46(64)56-38(44(62)57-39)26-17-19-27-53-43(61)37(25-18-20-28-54-49(67)69-51(5,6)7)55-45(63)40(30-34(3)4)58-47(65)41(31-35-21-13-11-14-22-35)59-48(66)42(32-36-23-15-12-16-24-36)60-50(68)70-52(8,9)10/h11-16,21-24,33-34,37-42H,17-20,25-32H2,1-10H3,(H,53,61)(H,54,67)(H,55,63)(H,56,64)(H,57,62)(H,58,65)(H,59,66)(H,60,68)/t37-,38-,39?,40-,41-,42-/m1/s1. The molecule has 1 saturated heterocycles. The molecule has 0 aliphatic carbocycles. The van der Waals surface area contributed by atoms with Crippen molar-refractivity contribution in [3.8, 4) is 0 Å². The number of nitrogens with one attached hydrogen (secondary N) is 8. The molecule has 0 spiro atoms. The fraction of sp³-hybridized carbons (Fsp3) is 0.615. The molecule has 0 aromatic heterocycles. The van der Waals surface area contributed by atoms with E-state index >= 15 is 0 Å². The van der Waals surface area contributed by atoms with Gasteiger partial charge < -0.3 is 52.0 Å². The van der Waals surface area contributed by atoms with Gasteiger partial charge in [0.25, 0.3) is 0 Å². The summed E-state index contributed by atoms with van der Waals surface area (Å²) in [6, 6.07) is 12.4. The molecule has 70 heavy (non-hydrogen) atoms. The van der Waals surface area contributed by atoms with Gasteiger partial charge in [0.15, 0.2) is 0 Å². The Labute approximate surface area is 414 Å². The number of hydrogen-bond donors (Lipinski definition) is 8. The van der Waals surface area contributed by atoms with Crippen LogP contribution in [0.3, 0.4) is 0 Å². The van der Waals surface area contributed by atoms with Gasteiger partial charge in [-0.15, -0.1) is 0 Å². The van der Waals surface area contributed by atoms with Crippen molar-refractivity contribution >= 4 is 47.6 Å². The molecule has 1 aliphatic heterocycles. The zero-order valence-corrected chi connectivity index (χ0v) is 43.0. The monoisotopic (exact) mass is 977 g/mol. The van der Waals surface area contributed by atoms with Gasteiger partial charge in [0.2, 0.25) is 35.4 Å². The normalized spacial score (nSPS) is 16.6. The SMILES string of the molecule is CC(C)CC1NC(=O)[C@@H](CCCCNC(=O)[C@@H](CCCCNC(=O)OC(C)(C)C)NC(=O)[C@@H](CC(C)C)NC(=O)[C@@H](Cc2ccccc2)NC(=O)[C@@H](Cc2ccccc2)NC(=O)OC(C)(C)C)NC1=O. The van der Waals surface area contributed by atoms with Crippen molar-refractivity contribution in [2.45, 2.75) is 181 Å². The lowest BCUT2D eigenvalue weighted by atomic mass is 9.98. The summed E-state index contributed by atoms with van der Waals surface area (Å²) in [6.45, 7) is 18.6. The van der Waals surface area contributed by atoms with E-state index in [-0.39, 0.29) is 62.4 Å². The Kier molecular flexibility index (Phi) is 23.6. The lowest BCUT2D eigenvalue weighted by molar-refractivity contribution is -0.137. The fourth-order valence-corrected chi connectivity index (χ4v) is 7.66. The number of unbranched alkanes of at least 4 members (excludes halogenated alkanes) is 2. The number of carbonyl (C=O) groups excluding carboxylic acids is 8. The van der Waals surface area contributed by atoms with Gasteiger partial charge in [0.05, 0.1) is 0 Å². The molecule has 2 aromatic carbocycles. The second kappa shape index (κ2) is 28.5. The van der Waals surface area contributed by atoms with E-state index in [1.54, 1.807) is 53.7 Å². The van der Waals surface area contributed by atoms with Crippen LogP contribution in [-0.2, 0) is 51.1 Å². The first-order valence-corrected chi connectivity index (χ1v) is 24.7. The van der Waals surface area contributed by atoms with Gasteiger partial charge in [-0.2, -0.15) is 0 Å². The molecule has 3 rings (SSSR count). The van der Waals surface area contributed by atoms with Crippen molar-refractivity contribution in [2.75, 3.05) is 13.1 Å². The highest BCUT2D eigenvalue weighted by Gasteiger charge is 2.35. The highest BCUT2D eigenvalue weighted by atomic mass is 16.6. The Bertz CT molecular complexity index is 2020. The maximum Gasteiger partial charge on any atom is 0.408 e. The largest absolute Gasteiger partial charge is 0.444 e. The van der Waals surface area contributed by atoms with Crippen LogP contribution < -0.4 is 42.5 Å². The maximum atomic E-state index is 14.4. The van der Waals surface area contributed by atoms with Crippen LogP contribution in [0, 0.1) is 11.8 Å². The summed E-state index contributed by atoms with van der Waals surface area (Å²) in [7, 11) is 0. The molecule has 0 saturated carbocycles. The van der Waals surface area contributed by atoms with Crippen LogP contribution >= 0.6 is 0 Å². The molecular weight excluding hydrogens is 897 g/mol. The lowest BCUT2D eigenvalue weighted by Gasteiger charge is -2.30. The van der Waals surface area contributed by atoms with Crippen LogP contribution in [0.1, 0.15) is 132 Å². The molecular formula is C52H80N8O10. The molecule has 388 valence electrons. The van der Waals surface area contributed by atoms with E-state index in [1.807, 2.05) is 76.2 Å². The van der Waals surface area contributed by atoms with E-state index in [4.69, 9.17) is 9.47 Å². The Morgan fingerprint density at radius 2 is 0.986 bits per heavy atom. The number of benzene rings is 2. The predicted octanol–water partition coefficient (Wildman–Crippen LogP) is 4.88. The first-order chi connectivity index (χ1) is 32.9. The molecule has 0 radical (unpaired) electrons. The minimum absolute atomic E-state index is 0.0533. The minimum atomic E-state index is -1.19. The Balaban J connectivity index is 1.78. The molecule has 6 atom stereocenters. The average Bonchev–Trinajstić information content (AvgIpc) is 3.25. The van der Waals surface area contributed by atoms with Crippen molar-refractivity contribution in [3.63, 3.8) is 0 Å². The minimum Gasteiger partial charge on any atom is -0.444 e. The summed E-state index contributed by atoms with van der Waals surface area (Å²) >= 11 is 0. The number of alkyl carbamates (subject to hydrolysis) is 2. The van der Waals surface area contributed by atoms with Gasteiger partial charge in [-0.25, -0.2) is 9.59 Å². The highest BCUT2D eigenvalue weighted by molar-refractivity contribution is 5.97. The van der Waals surface area contributed by atoms with E-state index in [9.17, 15) is 38.4 Å². The van der Waals surface area contributed by atoms with Gasteiger partial charge in [-0.1, -0.05) is 88.4 Å². The first-order valence-electron chi connectivity index (χ1n) is 24.7. The molecule has 8 amide bonds. The molecule has 0 bridgehead atoms. The summed E-state index contributed by atoms with van der Waals surface area (Å²) in [6.07, 6.45) is 1.98. The zero-order chi connectivity index (χ0) is 52.0. The molecule has 8 N–H and O–H groups in total. The quantitative estimate of drug-likeness (QED) is 0.0594. The van der Waals surface area contributed by atoms with Crippen molar-refractivity contribution in [1.29, 1.82) is 0 Å². The topological polar surface area (TPSA) is 251 Å². The predicted molar refractivity (Wildman–Crippen MR) is 267 cm³/mol. The van der Waals surface area contributed by atoms with Gasteiger partial charge >= 0.3 is 12.2 Å². The van der Waals surface area contributed by atoms with Gasteiger partial charge in [0, 0.05) is 25.9 Å². The van der Waals surface area contributed by atoms with Crippen molar-refractivity contribution in [3.05, 3.63) is 71.8 Å². The molecule has 1 heterocycles. The third-order valence-corrected chi connectivity index (χ3v) is 11.0. The van der Waals surface area contributed by atoms with E-state index in [1.165, 1.54) is 0 Å². The smallest absolute Gasteiger partial charge is 0.408 e. The fourth-order valence-electron chi connectivity index (χ4n) is 7.66. The van der Waals surface area contributed by atoms with Crippen LogP contribution in [-0.4, -0.2) is 108 Å².